The van der Waals surface area contributed by atoms with E-state index in [-0.39, 0.29) is 0 Å². The topological polar surface area (TPSA) is 34.1 Å². The Hall–Kier alpha value is -1.28. The smallest absolute Gasteiger partial charge is 0.369 e. The Balaban J connectivity index is 2.50. The van der Waals surface area contributed by atoms with Crippen molar-refractivity contribution in [2.24, 2.45) is 0 Å². The van der Waals surface area contributed by atoms with Gasteiger partial charge in [0.25, 0.3) is 0 Å². The molecule has 0 unspecified atom stereocenters. The van der Waals surface area contributed by atoms with E-state index < -0.39 is 25.3 Å². The van der Waals surface area contributed by atoms with Gasteiger partial charge in [-0.3, -0.25) is 4.98 Å². The van der Waals surface area contributed by atoms with Gasteiger partial charge in [-0.1, -0.05) is 13.0 Å². The first kappa shape index (κ1) is 16.8. The van der Waals surface area contributed by atoms with Crippen molar-refractivity contribution in [2.45, 2.75) is 32.2 Å². The van der Waals surface area contributed by atoms with Crippen LogP contribution < -0.4 is 5.32 Å². The summed E-state index contributed by atoms with van der Waals surface area (Å²) in [6.45, 7) is 1.02. The summed E-state index contributed by atoms with van der Waals surface area (Å²) >= 11 is 0. The molecule has 0 aliphatic heterocycles. The number of rotatable bonds is 7. The molecule has 3 nitrogen and oxygen atoms in total. The van der Waals surface area contributed by atoms with E-state index in [1.807, 2.05) is 6.92 Å². The molecule has 0 amide bonds. The monoisotopic (exact) mass is 298 g/mol. The molecule has 0 fully saturated rings. The number of hydrogen-bond donors (Lipinski definition) is 1. The summed E-state index contributed by atoms with van der Waals surface area (Å²) in [5.74, 6) is -4.85. The van der Waals surface area contributed by atoms with Crippen LogP contribution in [0.3, 0.4) is 0 Å². The predicted molar refractivity (Wildman–Crippen MR) is 62.3 cm³/mol. The Morgan fingerprint density at radius 3 is 2.40 bits per heavy atom. The normalized spacial score (nSPS) is 12.7. The molecule has 0 atom stereocenters. The van der Waals surface area contributed by atoms with E-state index in [2.05, 4.69) is 15.0 Å². The van der Waals surface area contributed by atoms with Crippen LogP contribution in [-0.4, -0.2) is 30.2 Å². The fourth-order valence-electron chi connectivity index (χ4n) is 1.33. The Kier molecular flexibility index (Phi) is 5.82. The van der Waals surface area contributed by atoms with Crippen LogP contribution in [0.2, 0.25) is 0 Å². The minimum Gasteiger partial charge on any atom is -0.369 e. The molecule has 8 heteroatoms. The van der Waals surface area contributed by atoms with Gasteiger partial charge < -0.3 is 10.1 Å². The van der Waals surface area contributed by atoms with Gasteiger partial charge in [0.05, 0.1) is 18.0 Å². The SMILES string of the molecule is CCNCc1cccc(COCC(F)(F)C(F)(F)F)n1. The predicted octanol–water partition coefficient (Wildman–Crippen LogP) is 2.91. The van der Waals surface area contributed by atoms with Gasteiger partial charge in [-0.25, -0.2) is 0 Å². The van der Waals surface area contributed by atoms with Crippen LogP contribution in [0.15, 0.2) is 18.2 Å². The molecule has 1 N–H and O–H groups in total. The van der Waals surface area contributed by atoms with E-state index in [0.29, 0.717) is 17.9 Å². The first-order valence-corrected chi connectivity index (χ1v) is 5.94. The fourth-order valence-corrected chi connectivity index (χ4v) is 1.33. The summed E-state index contributed by atoms with van der Waals surface area (Å²) in [4.78, 5) is 4.08. The number of hydrogen-bond acceptors (Lipinski definition) is 3. The maximum absolute atomic E-state index is 12.6. The van der Waals surface area contributed by atoms with Crippen molar-refractivity contribution in [3.63, 3.8) is 0 Å². The number of nitrogens with zero attached hydrogens (tertiary/aromatic N) is 1. The van der Waals surface area contributed by atoms with Crippen LogP contribution in [0, 0.1) is 0 Å². The Morgan fingerprint density at radius 1 is 1.15 bits per heavy atom. The van der Waals surface area contributed by atoms with Crippen molar-refractivity contribution < 1.29 is 26.7 Å². The highest BCUT2D eigenvalue weighted by Gasteiger charge is 2.57. The van der Waals surface area contributed by atoms with Crippen LogP contribution in [0.1, 0.15) is 18.3 Å². The van der Waals surface area contributed by atoms with Crippen molar-refractivity contribution in [1.29, 1.82) is 0 Å². The van der Waals surface area contributed by atoms with Crippen molar-refractivity contribution in [2.75, 3.05) is 13.2 Å². The van der Waals surface area contributed by atoms with Crippen LogP contribution in [0.5, 0.6) is 0 Å². The second-order valence-electron chi connectivity index (χ2n) is 4.10. The van der Waals surface area contributed by atoms with E-state index >= 15 is 0 Å². The minimum absolute atomic E-state index is 0.304. The number of ether oxygens (including phenoxy) is 1. The van der Waals surface area contributed by atoms with Crippen molar-refractivity contribution in [3.05, 3.63) is 29.6 Å². The minimum atomic E-state index is -5.60. The summed E-state index contributed by atoms with van der Waals surface area (Å²) < 4.78 is 65.3. The molecule has 1 rings (SSSR count). The highest BCUT2D eigenvalue weighted by atomic mass is 19.4. The van der Waals surface area contributed by atoms with E-state index in [9.17, 15) is 22.0 Å². The summed E-state index contributed by atoms with van der Waals surface area (Å²) in [7, 11) is 0. The van der Waals surface area contributed by atoms with Crippen LogP contribution in [0.25, 0.3) is 0 Å². The molecule has 0 bridgehead atoms. The van der Waals surface area contributed by atoms with Crippen molar-refractivity contribution in [1.82, 2.24) is 10.3 Å². The van der Waals surface area contributed by atoms with Crippen LogP contribution in [-0.2, 0) is 17.9 Å². The third-order valence-corrected chi connectivity index (χ3v) is 2.37. The molecule has 0 saturated heterocycles. The molecule has 1 heterocycles. The third kappa shape index (κ3) is 5.01. The average Bonchev–Trinajstić information content (AvgIpc) is 2.35. The second-order valence-corrected chi connectivity index (χ2v) is 4.10. The Morgan fingerprint density at radius 2 is 1.80 bits per heavy atom. The lowest BCUT2D eigenvalue weighted by Crippen LogP contribution is -2.40. The molecule has 114 valence electrons. The second kappa shape index (κ2) is 6.94. The Labute approximate surface area is 113 Å². The summed E-state index contributed by atoms with van der Waals surface area (Å²) in [5, 5.41) is 3.02. The molecule has 0 aromatic carbocycles. The van der Waals surface area contributed by atoms with E-state index in [1.165, 1.54) is 6.07 Å². The van der Waals surface area contributed by atoms with E-state index in [4.69, 9.17) is 0 Å². The molecule has 0 spiro atoms. The van der Waals surface area contributed by atoms with Gasteiger partial charge in [-0.05, 0) is 18.7 Å². The average molecular weight is 298 g/mol. The van der Waals surface area contributed by atoms with Gasteiger partial charge in [-0.2, -0.15) is 22.0 Å². The molecule has 0 radical (unpaired) electrons. The molecule has 20 heavy (non-hydrogen) atoms. The highest BCUT2D eigenvalue weighted by molar-refractivity contribution is 5.10. The zero-order chi connectivity index (χ0) is 15.2. The van der Waals surface area contributed by atoms with E-state index in [1.54, 1.807) is 12.1 Å². The van der Waals surface area contributed by atoms with Gasteiger partial charge in [0.15, 0.2) is 0 Å². The maximum atomic E-state index is 12.6. The third-order valence-electron chi connectivity index (χ3n) is 2.37. The van der Waals surface area contributed by atoms with Crippen LogP contribution in [0.4, 0.5) is 22.0 Å². The molecule has 1 aromatic heterocycles. The summed E-state index contributed by atoms with van der Waals surface area (Å²) in [6, 6.07) is 4.86. The number of pyridine rings is 1. The maximum Gasteiger partial charge on any atom is 0.455 e. The van der Waals surface area contributed by atoms with Gasteiger partial charge in [-0.15, -0.1) is 0 Å². The number of aromatic nitrogens is 1. The number of nitrogens with one attached hydrogen (secondary N) is 1. The number of halogens is 5. The summed E-state index contributed by atoms with van der Waals surface area (Å²) in [6.07, 6.45) is -5.60. The zero-order valence-corrected chi connectivity index (χ0v) is 10.8. The Bertz CT molecular complexity index is 423. The van der Waals surface area contributed by atoms with Gasteiger partial charge >= 0.3 is 12.1 Å². The van der Waals surface area contributed by atoms with Gasteiger partial charge in [0.1, 0.15) is 6.61 Å². The standard InChI is InChI=1S/C12H15F5N2O/c1-2-18-6-9-4-3-5-10(19-9)7-20-8-11(13,14)12(15,16)17/h3-5,18H,2,6-8H2,1H3. The first-order chi connectivity index (χ1) is 9.26. The van der Waals surface area contributed by atoms with Gasteiger partial charge in [0, 0.05) is 6.54 Å². The molecule has 0 aliphatic carbocycles. The van der Waals surface area contributed by atoms with E-state index in [0.717, 1.165) is 6.54 Å². The van der Waals surface area contributed by atoms with Crippen molar-refractivity contribution in [3.8, 4) is 0 Å². The number of alkyl halides is 5. The van der Waals surface area contributed by atoms with Crippen LogP contribution >= 0.6 is 0 Å². The molecular weight excluding hydrogens is 283 g/mol. The van der Waals surface area contributed by atoms with Crippen molar-refractivity contribution >= 4 is 0 Å². The first-order valence-electron chi connectivity index (χ1n) is 5.94. The summed E-state index contributed by atoms with van der Waals surface area (Å²) in [5.41, 5.74) is 0.967. The molecular formula is C12H15F5N2O. The zero-order valence-electron chi connectivity index (χ0n) is 10.8. The lowest BCUT2D eigenvalue weighted by Gasteiger charge is -2.19. The highest BCUT2D eigenvalue weighted by Crippen LogP contribution is 2.35. The fraction of sp³-hybridized carbons (Fsp3) is 0.583. The van der Waals surface area contributed by atoms with Gasteiger partial charge in [0.2, 0.25) is 0 Å². The molecule has 1 aromatic rings. The largest absolute Gasteiger partial charge is 0.455 e. The lowest BCUT2D eigenvalue weighted by atomic mass is 10.3. The quantitative estimate of drug-likeness (QED) is 0.786. The molecule has 0 aliphatic rings. The lowest BCUT2D eigenvalue weighted by molar-refractivity contribution is -0.297. The molecule has 0 saturated carbocycles.